The number of ketones is 1. The molecule has 1 saturated carbocycles. The van der Waals surface area contributed by atoms with E-state index in [1.165, 1.54) is 0 Å². The van der Waals surface area contributed by atoms with E-state index in [-0.39, 0.29) is 18.5 Å². The molecular weight excluding hydrogens is 154 g/mol. The molecule has 0 saturated heterocycles. The minimum absolute atomic E-state index is 0.102. The van der Waals surface area contributed by atoms with E-state index in [2.05, 4.69) is 0 Å². The minimum Gasteiger partial charge on any atom is -0.370 e. The number of rotatable bonds is 3. The van der Waals surface area contributed by atoms with E-state index in [0.717, 1.165) is 25.7 Å². The first-order chi connectivity index (χ1) is 5.68. The molecule has 70 valence electrons. The smallest absolute Gasteiger partial charge is 0.155 e. The molecule has 1 aliphatic carbocycles. The molecule has 0 bridgehead atoms. The van der Waals surface area contributed by atoms with Crippen LogP contribution >= 0.6 is 0 Å². The van der Waals surface area contributed by atoms with E-state index >= 15 is 0 Å². The van der Waals surface area contributed by atoms with Gasteiger partial charge in [0.15, 0.2) is 5.78 Å². The van der Waals surface area contributed by atoms with Crippen molar-refractivity contribution in [1.82, 2.24) is 0 Å². The molecule has 3 heteroatoms. The molecule has 1 rings (SSSR count). The fourth-order valence-electron chi connectivity index (χ4n) is 1.49. The van der Waals surface area contributed by atoms with E-state index in [0.29, 0.717) is 6.04 Å². The molecule has 3 nitrogen and oxygen atoms in total. The molecule has 0 atom stereocenters. The zero-order chi connectivity index (χ0) is 8.97. The van der Waals surface area contributed by atoms with Crippen LogP contribution in [0.15, 0.2) is 0 Å². The summed E-state index contributed by atoms with van der Waals surface area (Å²) in [5.41, 5.74) is 5.73. The van der Waals surface area contributed by atoms with Crippen molar-refractivity contribution >= 4 is 5.78 Å². The Morgan fingerprint density at radius 3 is 2.50 bits per heavy atom. The first-order valence-electron chi connectivity index (χ1n) is 4.55. The predicted octanol–water partition coefficient (Wildman–Crippen LogP) is 0.862. The molecule has 0 aromatic carbocycles. The Bertz CT molecular complexity index is 151. The molecule has 2 N–H and O–H groups in total. The average Bonchev–Trinajstić information content (AvgIpc) is 2.03. The van der Waals surface area contributed by atoms with Gasteiger partial charge >= 0.3 is 0 Å². The van der Waals surface area contributed by atoms with Gasteiger partial charge in [0.05, 0.1) is 6.10 Å². The van der Waals surface area contributed by atoms with Gasteiger partial charge in [-0.3, -0.25) is 4.79 Å². The maximum absolute atomic E-state index is 10.6. The summed E-state index contributed by atoms with van der Waals surface area (Å²) < 4.78 is 5.39. The van der Waals surface area contributed by atoms with Crippen LogP contribution in [-0.2, 0) is 9.53 Å². The Labute approximate surface area is 73.3 Å². The summed E-state index contributed by atoms with van der Waals surface area (Å²) in [4.78, 5) is 10.6. The highest BCUT2D eigenvalue weighted by atomic mass is 16.5. The summed E-state index contributed by atoms with van der Waals surface area (Å²) in [5.74, 6) is 0.102. The lowest BCUT2D eigenvalue weighted by Crippen LogP contribution is -2.31. The zero-order valence-electron chi connectivity index (χ0n) is 7.58. The van der Waals surface area contributed by atoms with Gasteiger partial charge in [0.2, 0.25) is 0 Å². The fourth-order valence-corrected chi connectivity index (χ4v) is 1.49. The largest absolute Gasteiger partial charge is 0.370 e. The lowest BCUT2D eigenvalue weighted by molar-refractivity contribution is -0.124. The SMILES string of the molecule is CC(=O)CO[C@H]1CC[C@H](N)CC1. The number of hydrogen-bond acceptors (Lipinski definition) is 3. The van der Waals surface area contributed by atoms with Gasteiger partial charge < -0.3 is 10.5 Å². The standard InChI is InChI=1S/C9H17NO2/c1-7(11)6-12-9-4-2-8(10)3-5-9/h8-9H,2-6,10H2,1H3/t8-,9-. The molecular formula is C9H17NO2. The van der Waals surface area contributed by atoms with E-state index in [1.807, 2.05) is 0 Å². The fraction of sp³-hybridized carbons (Fsp3) is 0.889. The maximum Gasteiger partial charge on any atom is 0.155 e. The van der Waals surface area contributed by atoms with E-state index in [9.17, 15) is 4.79 Å². The molecule has 1 aliphatic rings. The predicted molar refractivity (Wildman–Crippen MR) is 46.9 cm³/mol. The van der Waals surface area contributed by atoms with Crippen LogP contribution in [0.2, 0.25) is 0 Å². The molecule has 12 heavy (non-hydrogen) atoms. The van der Waals surface area contributed by atoms with Gasteiger partial charge in [-0.05, 0) is 32.6 Å². The monoisotopic (exact) mass is 171 g/mol. The summed E-state index contributed by atoms with van der Waals surface area (Å²) >= 11 is 0. The Kier molecular flexibility index (Phi) is 3.69. The number of carbonyl (C=O) groups excluding carboxylic acids is 1. The topological polar surface area (TPSA) is 52.3 Å². The van der Waals surface area contributed by atoms with Crippen LogP contribution in [0.1, 0.15) is 32.6 Å². The average molecular weight is 171 g/mol. The van der Waals surface area contributed by atoms with Gasteiger partial charge in [-0.15, -0.1) is 0 Å². The summed E-state index contributed by atoms with van der Waals surface area (Å²) in [6.07, 6.45) is 4.35. The Morgan fingerprint density at radius 1 is 1.42 bits per heavy atom. The summed E-state index contributed by atoms with van der Waals surface area (Å²) in [6.45, 7) is 1.81. The quantitative estimate of drug-likeness (QED) is 0.685. The number of Topliss-reactive ketones (excluding diaryl/α,β-unsaturated/α-hetero) is 1. The Balaban J connectivity index is 2.13. The lowest BCUT2D eigenvalue weighted by Gasteiger charge is -2.25. The van der Waals surface area contributed by atoms with Crippen molar-refractivity contribution in [3.05, 3.63) is 0 Å². The molecule has 0 aliphatic heterocycles. The highest BCUT2D eigenvalue weighted by molar-refractivity contribution is 5.76. The van der Waals surface area contributed by atoms with Crippen LogP contribution < -0.4 is 5.73 Å². The highest BCUT2D eigenvalue weighted by Gasteiger charge is 2.18. The Hall–Kier alpha value is -0.410. The summed E-state index contributed by atoms with van der Waals surface area (Å²) in [6, 6.07) is 0.349. The first kappa shape index (κ1) is 9.68. The summed E-state index contributed by atoms with van der Waals surface area (Å²) in [5, 5.41) is 0. The van der Waals surface area contributed by atoms with Crippen LogP contribution in [0.25, 0.3) is 0 Å². The van der Waals surface area contributed by atoms with Gasteiger partial charge in [0.1, 0.15) is 6.61 Å². The zero-order valence-corrected chi connectivity index (χ0v) is 7.58. The minimum atomic E-state index is 0.102. The molecule has 1 fully saturated rings. The third-order valence-corrected chi connectivity index (χ3v) is 2.24. The van der Waals surface area contributed by atoms with Crippen molar-refractivity contribution in [3.8, 4) is 0 Å². The third-order valence-electron chi connectivity index (χ3n) is 2.24. The van der Waals surface area contributed by atoms with Crippen molar-refractivity contribution < 1.29 is 9.53 Å². The van der Waals surface area contributed by atoms with Crippen LogP contribution in [0.5, 0.6) is 0 Å². The van der Waals surface area contributed by atoms with Crippen molar-refractivity contribution in [3.63, 3.8) is 0 Å². The van der Waals surface area contributed by atoms with Gasteiger partial charge in [0, 0.05) is 6.04 Å². The lowest BCUT2D eigenvalue weighted by atomic mass is 9.94. The van der Waals surface area contributed by atoms with Gasteiger partial charge in [-0.25, -0.2) is 0 Å². The highest BCUT2D eigenvalue weighted by Crippen LogP contribution is 2.19. The second-order valence-corrected chi connectivity index (χ2v) is 3.55. The molecule has 0 amide bonds. The summed E-state index contributed by atoms with van der Waals surface area (Å²) in [7, 11) is 0. The van der Waals surface area contributed by atoms with Gasteiger partial charge in [0.25, 0.3) is 0 Å². The first-order valence-corrected chi connectivity index (χ1v) is 4.55. The van der Waals surface area contributed by atoms with E-state index in [4.69, 9.17) is 10.5 Å². The van der Waals surface area contributed by atoms with Crippen LogP contribution in [0, 0.1) is 0 Å². The molecule has 0 aromatic heterocycles. The normalized spacial score (nSPS) is 30.2. The van der Waals surface area contributed by atoms with Crippen molar-refractivity contribution in [2.45, 2.75) is 44.8 Å². The van der Waals surface area contributed by atoms with Gasteiger partial charge in [-0.2, -0.15) is 0 Å². The maximum atomic E-state index is 10.6. The Morgan fingerprint density at radius 2 is 2.00 bits per heavy atom. The van der Waals surface area contributed by atoms with Crippen molar-refractivity contribution in [2.24, 2.45) is 5.73 Å². The number of hydrogen-bond donors (Lipinski definition) is 1. The van der Waals surface area contributed by atoms with Crippen molar-refractivity contribution in [2.75, 3.05) is 6.61 Å². The van der Waals surface area contributed by atoms with Crippen LogP contribution in [-0.4, -0.2) is 24.5 Å². The van der Waals surface area contributed by atoms with E-state index < -0.39 is 0 Å². The van der Waals surface area contributed by atoms with Crippen LogP contribution in [0.4, 0.5) is 0 Å². The number of nitrogens with two attached hydrogens (primary N) is 1. The molecule has 0 unspecified atom stereocenters. The molecule has 0 spiro atoms. The molecule has 0 radical (unpaired) electrons. The second kappa shape index (κ2) is 4.58. The van der Waals surface area contributed by atoms with Crippen LogP contribution in [0.3, 0.4) is 0 Å². The second-order valence-electron chi connectivity index (χ2n) is 3.55. The van der Waals surface area contributed by atoms with E-state index in [1.54, 1.807) is 6.92 Å². The molecule has 0 aromatic rings. The van der Waals surface area contributed by atoms with Gasteiger partial charge in [-0.1, -0.05) is 0 Å². The van der Waals surface area contributed by atoms with Crippen molar-refractivity contribution in [1.29, 1.82) is 0 Å². The number of carbonyl (C=O) groups is 1. The third kappa shape index (κ3) is 3.32. The number of ether oxygens (including phenoxy) is 1. The molecule has 0 heterocycles.